The maximum absolute atomic E-state index is 14.2. The van der Waals surface area contributed by atoms with Crippen molar-refractivity contribution in [1.29, 1.82) is 0 Å². The minimum Gasteiger partial charge on any atom is -0.397 e. The fourth-order valence-electron chi connectivity index (χ4n) is 3.65. The Morgan fingerprint density at radius 2 is 1.88 bits per heavy atom. The summed E-state index contributed by atoms with van der Waals surface area (Å²) in [6.45, 7) is 6.36. The molecule has 0 radical (unpaired) electrons. The van der Waals surface area contributed by atoms with Gasteiger partial charge < -0.3 is 26.8 Å². The van der Waals surface area contributed by atoms with Crippen LogP contribution >= 0.6 is 0 Å². The number of aromatic nitrogens is 3. The Balaban J connectivity index is 1.74. The van der Waals surface area contributed by atoms with Gasteiger partial charge in [0.25, 0.3) is 0 Å². The number of fused-ring (bicyclic) bond motifs is 1. The van der Waals surface area contributed by atoms with Crippen LogP contribution in [-0.4, -0.2) is 51.8 Å². The highest BCUT2D eigenvalue weighted by Crippen LogP contribution is 2.20. The number of rotatable bonds is 6. The van der Waals surface area contributed by atoms with E-state index in [0.29, 0.717) is 54.3 Å². The SMILES string of the molecule is C=C(N)/C(=C(N)\N=C(/N)c1nn(Cc2ccccc2F)c2ncccc12)N1CCOCC1. The third kappa shape index (κ3) is 4.26. The summed E-state index contributed by atoms with van der Waals surface area (Å²) in [5.41, 5.74) is 20.8. The van der Waals surface area contributed by atoms with Crippen molar-refractivity contribution in [1.82, 2.24) is 19.7 Å². The van der Waals surface area contributed by atoms with E-state index in [-0.39, 0.29) is 29.7 Å². The van der Waals surface area contributed by atoms with Crippen molar-refractivity contribution in [2.45, 2.75) is 6.54 Å². The second-order valence-corrected chi connectivity index (χ2v) is 7.33. The number of morpholine rings is 1. The summed E-state index contributed by atoms with van der Waals surface area (Å²) in [4.78, 5) is 10.7. The molecule has 10 heteroatoms. The third-order valence-electron chi connectivity index (χ3n) is 5.14. The molecule has 9 nitrogen and oxygen atoms in total. The predicted octanol–water partition coefficient (Wildman–Crippen LogP) is 1.26. The van der Waals surface area contributed by atoms with Crippen molar-refractivity contribution in [2.75, 3.05) is 26.3 Å². The second kappa shape index (κ2) is 9.06. The summed E-state index contributed by atoms with van der Waals surface area (Å²) in [6, 6.07) is 10.1. The fourth-order valence-corrected chi connectivity index (χ4v) is 3.65. The molecule has 0 atom stereocenters. The van der Waals surface area contributed by atoms with Gasteiger partial charge in [0.15, 0.2) is 17.3 Å². The van der Waals surface area contributed by atoms with Crippen LogP contribution in [0.1, 0.15) is 11.3 Å². The van der Waals surface area contributed by atoms with Crippen LogP contribution in [0, 0.1) is 5.82 Å². The summed E-state index contributed by atoms with van der Waals surface area (Å²) in [5.74, 6) is -0.0866. The van der Waals surface area contributed by atoms with Gasteiger partial charge in [-0.05, 0) is 18.2 Å². The third-order valence-corrected chi connectivity index (χ3v) is 5.14. The van der Waals surface area contributed by atoms with Gasteiger partial charge >= 0.3 is 0 Å². The lowest BCUT2D eigenvalue weighted by Crippen LogP contribution is -2.38. The number of nitrogens with zero attached hydrogens (tertiary/aromatic N) is 5. The van der Waals surface area contributed by atoms with Gasteiger partial charge in [0.05, 0.1) is 30.8 Å². The number of benzene rings is 1. The van der Waals surface area contributed by atoms with Crippen molar-refractivity contribution >= 4 is 16.9 Å². The maximum Gasteiger partial charge on any atom is 0.158 e. The van der Waals surface area contributed by atoms with E-state index in [2.05, 4.69) is 21.7 Å². The van der Waals surface area contributed by atoms with Crippen LogP contribution in [0.5, 0.6) is 0 Å². The Bertz CT molecular complexity index is 1210. The highest BCUT2D eigenvalue weighted by Gasteiger charge is 2.20. The van der Waals surface area contributed by atoms with E-state index in [1.807, 2.05) is 11.0 Å². The number of hydrogen-bond donors (Lipinski definition) is 3. The van der Waals surface area contributed by atoms with Gasteiger partial charge in [-0.1, -0.05) is 24.8 Å². The average Bonchev–Trinajstić information content (AvgIpc) is 3.15. The summed E-state index contributed by atoms with van der Waals surface area (Å²) in [6.07, 6.45) is 1.64. The number of ether oxygens (including phenoxy) is 1. The number of halogens is 1. The Morgan fingerprint density at radius 3 is 2.59 bits per heavy atom. The Hall–Kier alpha value is -3.92. The lowest BCUT2D eigenvalue weighted by molar-refractivity contribution is 0.0541. The topological polar surface area (TPSA) is 134 Å². The first-order chi connectivity index (χ1) is 15.5. The predicted molar refractivity (Wildman–Crippen MR) is 121 cm³/mol. The van der Waals surface area contributed by atoms with E-state index >= 15 is 0 Å². The molecule has 0 aliphatic carbocycles. The average molecular weight is 436 g/mol. The molecule has 3 heterocycles. The zero-order chi connectivity index (χ0) is 22.7. The molecule has 166 valence electrons. The van der Waals surface area contributed by atoms with E-state index in [1.165, 1.54) is 6.07 Å². The van der Waals surface area contributed by atoms with Gasteiger partial charge in [0.1, 0.15) is 17.2 Å². The molecule has 1 aliphatic heterocycles. The maximum atomic E-state index is 14.2. The zero-order valence-corrected chi connectivity index (χ0v) is 17.5. The van der Waals surface area contributed by atoms with Crippen LogP contribution in [0.15, 0.2) is 71.4 Å². The van der Waals surface area contributed by atoms with Crippen LogP contribution < -0.4 is 17.2 Å². The summed E-state index contributed by atoms with van der Waals surface area (Å²) in [5, 5.41) is 5.24. The Kier molecular flexibility index (Phi) is 6.04. The van der Waals surface area contributed by atoms with E-state index in [4.69, 9.17) is 21.9 Å². The molecule has 32 heavy (non-hydrogen) atoms. The number of nitrogens with two attached hydrogens (primary N) is 3. The van der Waals surface area contributed by atoms with Gasteiger partial charge in [0, 0.05) is 24.8 Å². The van der Waals surface area contributed by atoms with Crippen molar-refractivity contribution in [3.8, 4) is 0 Å². The second-order valence-electron chi connectivity index (χ2n) is 7.33. The summed E-state index contributed by atoms with van der Waals surface area (Å²) < 4.78 is 21.2. The van der Waals surface area contributed by atoms with Crippen molar-refractivity contribution in [2.24, 2.45) is 22.2 Å². The number of pyridine rings is 1. The molecule has 0 amide bonds. The number of hydrogen-bond acceptors (Lipinski definition) is 7. The molecule has 1 aliphatic rings. The molecule has 1 aromatic carbocycles. The molecule has 0 spiro atoms. The highest BCUT2D eigenvalue weighted by atomic mass is 19.1. The molecule has 0 unspecified atom stereocenters. The first kappa shape index (κ1) is 21.3. The van der Waals surface area contributed by atoms with Gasteiger partial charge in [-0.3, -0.25) is 0 Å². The lowest BCUT2D eigenvalue weighted by atomic mass is 10.2. The number of aliphatic imine (C=N–C) groups is 1. The van der Waals surface area contributed by atoms with E-state index < -0.39 is 0 Å². The highest BCUT2D eigenvalue weighted by molar-refractivity contribution is 6.06. The van der Waals surface area contributed by atoms with Crippen molar-refractivity contribution in [3.63, 3.8) is 0 Å². The van der Waals surface area contributed by atoms with Gasteiger partial charge in [0.2, 0.25) is 0 Å². The van der Waals surface area contributed by atoms with Crippen LogP contribution in [0.25, 0.3) is 11.0 Å². The first-order valence-corrected chi connectivity index (χ1v) is 10.1. The van der Waals surface area contributed by atoms with Crippen molar-refractivity contribution in [3.05, 3.63) is 83.5 Å². The van der Waals surface area contributed by atoms with Crippen LogP contribution in [0.3, 0.4) is 0 Å². The van der Waals surface area contributed by atoms with Gasteiger partial charge in [-0.15, -0.1) is 0 Å². The molecule has 4 rings (SSSR count). The van der Waals surface area contributed by atoms with E-state index in [0.717, 1.165) is 0 Å². The Morgan fingerprint density at radius 1 is 1.12 bits per heavy atom. The molecule has 0 saturated carbocycles. The van der Waals surface area contributed by atoms with Crippen LogP contribution in [0.2, 0.25) is 0 Å². The zero-order valence-electron chi connectivity index (χ0n) is 17.5. The van der Waals surface area contributed by atoms with Crippen molar-refractivity contribution < 1.29 is 9.13 Å². The lowest BCUT2D eigenvalue weighted by Gasteiger charge is -2.31. The number of amidine groups is 1. The molecule has 1 fully saturated rings. The quantitative estimate of drug-likeness (QED) is 0.301. The molecule has 3 aromatic rings. The van der Waals surface area contributed by atoms with Gasteiger partial charge in [-0.25, -0.2) is 19.0 Å². The van der Waals surface area contributed by atoms with Gasteiger partial charge in [-0.2, -0.15) is 5.10 Å². The minimum atomic E-state index is -0.320. The first-order valence-electron chi connectivity index (χ1n) is 10.1. The molecule has 2 aromatic heterocycles. The standard InChI is InChI=1S/C22H25FN8O/c1-14(24)19(30-9-11-32-12-10-30)21(26)28-20(25)18-16-6-4-8-27-22(16)31(29-18)13-15-5-2-3-7-17(15)23/h2-8H,1,9-13,24,26H2,(H2,25,28)/b21-19+. The summed E-state index contributed by atoms with van der Waals surface area (Å²) in [7, 11) is 0. The van der Waals surface area contributed by atoms with Crippen LogP contribution in [0.4, 0.5) is 4.39 Å². The van der Waals surface area contributed by atoms with Crippen LogP contribution in [-0.2, 0) is 11.3 Å². The molecule has 0 bridgehead atoms. The molecular weight excluding hydrogens is 411 g/mol. The molecule has 6 N–H and O–H groups in total. The van der Waals surface area contributed by atoms with E-state index in [9.17, 15) is 4.39 Å². The largest absolute Gasteiger partial charge is 0.397 e. The fraction of sp³-hybridized carbons (Fsp3) is 0.227. The smallest absolute Gasteiger partial charge is 0.158 e. The normalized spacial score (nSPS) is 15.7. The van der Waals surface area contributed by atoms with E-state index in [1.54, 1.807) is 35.1 Å². The molecule has 1 saturated heterocycles. The Labute approximate surface area is 184 Å². The monoisotopic (exact) mass is 436 g/mol. The minimum absolute atomic E-state index is 0.0970. The summed E-state index contributed by atoms with van der Waals surface area (Å²) >= 11 is 0. The molecular formula is C22H25FN8O.